The van der Waals surface area contributed by atoms with Crippen LogP contribution in [0.2, 0.25) is 0 Å². The van der Waals surface area contributed by atoms with E-state index in [0.29, 0.717) is 24.7 Å². The normalized spacial score (nSPS) is 22.6. The minimum absolute atomic E-state index is 0.370. The van der Waals surface area contributed by atoms with Crippen molar-refractivity contribution in [1.29, 1.82) is 0 Å². The van der Waals surface area contributed by atoms with Crippen molar-refractivity contribution in [3.63, 3.8) is 0 Å². The lowest BCUT2D eigenvalue weighted by molar-refractivity contribution is -0.143. The predicted molar refractivity (Wildman–Crippen MR) is 73.4 cm³/mol. The van der Waals surface area contributed by atoms with Gasteiger partial charge in [-0.2, -0.15) is 5.10 Å². The first kappa shape index (κ1) is 14.4. The Hall–Kier alpha value is -2.05. The van der Waals surface area contributed by atoms with Gasteiger partial charge in [-0.15, -0.1) is 0 Å². The maximum Gasteiger partial charge on any atom is 0.326 e. The van der Waals surface area contributed by atoms with Gasteiger partial charge in [0.25, 0.3) is 0 Å². The van der Waals surface area contributed by atoms with Gasteiger partial charge in [0.05, 0.1) is 0 Å². The van der Waals surface area contributed by atoms with Gasteiger partial charge in [0.15, 0.2) is 5.82 Å². The number of urea groups is 1. The summed E-state index contributed by atoms with van der Waals surface area (Å²) in [5.41, 5.74) is 0. The second-order valence-corrected chi connectivity index (χ2v) is 5.15. The summed E-state index contributed by atoms with van der Waals surface area (Å²) < 4.78 is 1.58. The third-order valence-corrected chi connectivity index (χ3v) is 3.78. The van der Waals surface area contributed by atoms with Gasteiger partial charge in [0.1, 0.15) is 6.04 Å². The van der Waals surface area contributed by atoms with Gasteiger partial charge in [0, 0.05) is 25.9 Å². The number of carboxylic acids is 1. The van der Waals surface area contributed by atoms with Crippen LogP contribution in [0, 0.1) is 5.92 Å². The first-order chi connectivity index (χ1) is 9.51. The van der Waals surface area contributed by atoms with Crippen molar-refractivity contribution in [2.24, 2.45) is 13.0 Å². The third-order valence-electron chi connectivity index (χ3n) is 3.78. The van der Waals surface area contributed by atoms with Gasteiger partial charge in [-0.25, -0.2) is 9.59 Å². The number of amides is 2. The fourth-order valence-electron chi connectivity index (χ4n) is 2.55. The van der Waals surface area contributed by atoms with Crippen LogP contribution in [-0.2, 0) is 11.8 Å². The van der Waals surface area contributed by atoms with Crippen molar-refractivity contribution in [3.05, 3.63) is 12.3 Å². The summed E-state index contributed by atoms with van der Waals surface area (Å²) in [6, 6.07) is 0.523. The molecule has 7 heteroatoms. The Kier molecular flexibility index (Phi) is 4.26. The Bertz CT molecular complexity index is 500. The summed E-state index contributed by atoms with van der Waals surface area (Å²) in [6.45, 7) is 2.52. The molecule has 0 aliphatic carbocycles. The van der Waals surface area contributed by atoms with Crippen LogP contribution in [0.25, 0.3) is 0 Å². The maximum absolute atomic E-state index is 12.2. The van der Waals surface area contributed by atoms with Gasteiger partial charge >= 0.3 is 12.0 Å². The van der Waals surface area contributed by atoms with E-state index in [4.69, 9.17) is 0 Å². The number of anilines is 1. The van der Waals surface area contributed by atoms with E-state index in [2.05, 4.69) is 10.4 Å². The highest BCUT2D eigenvalue weighted by atomic mass is 16.4. The molecule has 20 heavy (non-hydrogen) atoms. The molecule has 2 unspecified atom stereocenters. The number of carbonyl (C=O) groups excluding carboxylic acids is 1. The standard InChI is InChI=1S/C13H20N4O3/c1-3-9-4-7-17(10(8-9)12(18)19)13(20)14-11-5-6-16(2)15-11/h5-6,9-10H,3-4,7-8H2,1-2H3,(H,18,19)(H,14,15,20). The van der Waals surface area contributed by atoms with Gasteiger partial charge in [-0.3, -0.25) is 10.00 Å². The molecule has 1 aromatic rings. The Morgan fingerprint density at radius 3 is 2.85 bits per heavy atom. The van der Waals surface area contributed by atoms with E-state index in [1.165, 1.54) is 4.90 Å². The summed E-state index contributed by atoms with van der Waals surface area (Å²) in [5, 5.41) is 16.0. The number of nitrogens with one attached hydrogen (secondary N) is 1. The Labute approximate surface area is 117 Å². The molecule has 1 aliphatic heterocycles. The van der Waals surface area contributed by atoms with E-state index in [1.54, 1.807) is 24.0 Å². The van der Waals surface area contributed by atoms with E-state index in [0.717, 1.165) is 12.8 Å². The lowest BCUT2D eigenvalue weighted by atomic mass is 9.89. The molecule has 1 aliphatic rings. The number of carboxylic acid groups (broad SMARTS) is 1. The number of hydrogen-bond donors (Lipinski definition) is 2. The molecule has 2 N–H and O–H groups in total. The molecule has 2 amide bonds. The van der Waals surface area contributed by atoms with E-state index in [-0.39, 0.29) is 0 Å². The van der Waals surface area contributed by atoms with Crippen molar-refractivity contribution in [3.8, 4) is 0 Å². The number of likely N-dealkylation sites (tertiary alicyclic amines) is 1. The van der Waals surface area contributed by atoms with Crippen LogP contribution < -0.4 is 5.32 Å². The zero-order chi connectivity index (χ0) is 14.7. The minimum atomic E-state index is -0.945. The van der Waals surface area contributed by atoms with E-state index < -0.39 is 18.0 Å². The number of aromatic nitrogens is 2. The topological polar surface area (TPSA) is 87.5 Å². The summed E-state index contributed by atoms with van der Waals surface area (Å²) in [5.74, 6) is -0.145. The van der Waals surface area contributed by atoms with Crippen molar-refractivity contribution in [2.45, 2.75) is 32.2 Å². The molecule has 2 heterocycles. The lowest BCUT2D eigenvalue weighted by Gasteiger charge is -2.36. The van der Waals surface area contributed by atoms with Crippen molar-refractivity contribution in [1.82, 2.24) is 14.7 Å². The Morgan fingerprint density at radius 2 is 2.30 bits per heavy atom. The molecule has 0 aromatic carbocycles. The average Bonchev–Trinajstić information content (AvgIpc) is 2.83. The quantitative estimate of drug-likeness (QED) is 0.879. The van der Waals surface area contributed by atoms with Crippen LogP contribution in [0.15, 0.2) is 12.3 Å². The van der Waals surface area contributed by atoms with E-state index in [1.807, 2.05) is 6.92 Å². The highest BCUT2D eigenvalue weighted by Gasteiger charge is 2.35. The molecular formula is C13H20N4O3. The minimum Gasteiger partial charge on any atom is -0.480 e. The van der Waals surface area contributed by atoms with Crippen LogP contribution in [0.3, 0.4) is 0 Å². The van der Waals surface area contributed by atoms with Crippen molar-refractivity contribution >= 4 is 17.8 Å². The van der Waals surface area contributed by atoms with Crippen LogP contribution in [-0.4, -0.2) is 44.4 Å². The van der Waals surface area contributed by atoms with Crippen molar-refractivity contribution in [2.75, 3.05) is 11.9 Å². The number of aryl methyl sites for hydroxylation is 1. The molecule has 0 spiro atoms. The van der Waals surface area contributed by atoms with Gasteiger partial charge < -0.3 is 10.0 Å². The molecule has 2 atom stereocenters. The molecule has 2 rings (SSSR count). The zero-order valence-corrected chi connectivity index (χ0v) is 11.7. The molecule has 0 saturated carbocycles. The molecule has 7 nitrogen and oxygen atoms in total. The monoisotopic (exact) mass is 280 g/mol. The summed E-state index contributed by atoms with van der Waals surface area (Å²) in [6.07, 6.45) is 4.02. The predicted octanol–water partition coefficient (Wildman–Crippen LogP) is 1.53. The highest BCUT2D eigenvalue weighted by Crippen LogP contribution is 2.26. The number of aliphatic carboxylic acids is 1. The highest BCUT2D eigenvalue weighted by molar-refractivity contribution is 5.91. The van der Waals surface area contributed by atoms with E-state index in [9.17, 15) is 14.7 Å². The fraction of sp³-hybridized carbons (Fsp3) is 0.615. The number of hydrogen-bond acceptors (Lipinski definition) is 3. The summed E-state index contributed by atoms with van der Waals surface area (Å²) in [4.78, 5) is 24.9. The Morgan fingerprint density at radius 1 is 1.55 bits per heavy atom. The SMILES string of the molecule is CCC1CCN(C(=O)Nc2ccn(C)n2)C(C(=O)O)C1. The molecular weight excluding hydrogens is 260 g/mol. The summed E-state index contributed by atoms with van der Waals surface area (Å²) >= 11 is 0. The van der Waals surface area contributed by atoms with Gasteiger partial charge in [0.2, 0.25) is 0 Å². The average molecular weight is 280 g/mol. The third kappa shape index (κ3) is 3.09. The second kappa shape index (κ2) is 5.94. The fourth-order valence-corrected chi connectivity index (χ4v) is 2.55. The second-order valence-electron chi connectivity index (χ2n) is 5.15. The number of nitrogens with zero attached hydrogens (tertiary/aromatic N) is 3. The largest absolute Gasteiger partial charge is 0.480 e. The first-order valence-corrected chi connectivity index (χ1v) is 6.81. The molecule has 0 bridgehead atoms. The van der Waals surface area contributed by atoms with Gasteiger partial charge in [-0.1, -0.05) is 13.3 Å². The Balaban J connectivity index is 2.05. The van der Waals surface area contributed by atoms with E-state index >= 15 is 0 Å². The molecule has 0 radical (unpaired) electrons. The molecule has 1 aromatic heterocycles. The zero-order valence-electron chi connectivity index (χ0n) is 11.7. The number of piperidine rings is 1. The lowest BCUT2D eigenvalue weighted by Crippen LogP contribution is -2.51. The summed E-state index contributed by atoms with van der Waals surface area (Å²) in [7, 11) is 1.75. The number of rotatable bonds is 3. The van der Waals surface area contributed by atoms with Crippen LogP contribution in [0.5, 0.6) is 0 Å². The smallest absolute Gasteiger partial charge is 0.326 e. The van der Waals surface area contributed by atoms with Crippen LogP contribution >= 0.6 is 0 Å². The molecule has 110 valence electrons. The number of carbonyl (C=O) groups is 2. The molecule has 1 saturated heterocycles. The van der Waals surface area contributed by atoms with Crippen LogP contribution in [0.4, 0.5) is 10.6 Å². The first-order valence-electron chi connectivity index (χ1n) is 6.81. The van der Waals surface area contributed by atoms with Crippen LogP contribution in [0.1, 0.15) is 26.2 Å². The maximum atomic E-state index is 12.2. The van der Waals surface area contributed by atoms with Crippen molar-refractivity contribution < 1.29 is 14.7 Å². The van der Waals surface area contributed by atoms with Gasteiger partial charge in [-0.05, 0) is 18.8 Å². The molecule has 1 fully saturated rings.